The Morgan fingerprint density at radius 2 is 1.93 bits per heavy atom. The molecule has 2 aliphatic rings. The minimum absolute atomic E-state index is 0.132. The summed E-state index contributed by atoms with van der Waals surface area (Å²) in [5.74, 6) is -0.533. The molecule has 1 aromatic rings. The summed E-state index contributed by atoms with van der Waals surface area (Å²) in [5, 5.41) is 12.2. The van der Waals surface area contributed by atoms with Crippen molar-refractivity contribution in [2.75, 3.05) is 26.7 Å². The fraction of sp³-hybridized carbons (Fsp3) is 0.571. The Balaban J connectivity index is 1.61. The van der Waals surface area contributed by atoms with Crippen molar-refractivity contribution in [3.8, 4) is 0 Å². The van der Waals surface area contributed by atoms with Crippen molar-refractivity contribution < 1.29 is 14.4 Å². The molecule has 0 radical (unpaired) electrons. The molecule has 3 atom stereocenters. The molecule has 2 saturated heterocycles. The van der Waals surface area contributed by atoms with E-state index in [1.165, 1.54) is 0 Å². The third-order valence-corrected chi connectivity index (χ3v) is 5.69. The average Bonchev–Trinajstić information content (AvgIpc) is 3.10. The van der Waals surface area contributed by atoms with Gasteiger partial charge in [0.1, 0.15) is 12.1 Å². The molecule has 8 nitrogen and oxygen atoms in total. The Hall–Kier alpha value is -2.45. The van der Waals surface area contributed by atoms with E-state index >= 15 is 0 Å². The van der Waals surface area contributed by atoms with Gasteiger partial charge in [-0.15, -0.1) is 0 Å². The average molecular weight is 402 g/mol. The van der Waals surface area contributed by atoms with Crippen LogP contribution in [0.15, 0.2) is 30.3 Å². The van der Waals surface area contributed by atoms with E-state index in [0.717, 1.165) is 18.4 Å². The van der Waals surface area contributed by atoms with E-state index < -0.39 is 12.1 Å². The van der Waals surface area contributed by atoms with E-state index in [0.29, 0.717) is 32.5 Å². The Morgan fingerprint density at radius 1 is 1.17 bits per heavy atom. The minimum atomic E-state index is -0.596. The smallest absolute Gasteiger partial charge is 0.260 e. The van der Waals surface area contributed by atoms with E-state index in [-0.39, 0.29) is 23.8 Å². The van der Waals surface area contributed by atoms with Gasteiger partial charge in [0.25, 0.3) is 5.91 Å². The van der Waals surface area contributed by atoms with Crippen molar-refractivity contribution in [3.05, 3.63) is 35.9 Å². The van der Waals surface area contributed by atoms with Crippen molar-refractivity contribution in [3.63, 3.8) is 0 Å². The standard InChI is InChI=1S/C21H31N5O3/c1-15(22-2)19(27)24-17-9-6-13-25-14-11-18(26(25)21(17)29)20(28)23-12-10-16-7-4-3-5-8-16/h3-5,7-8,15,17-18,22H,6,9-14H2,1-2H3,(H,23,28)(H,24,27)/t15-,17-,18-/m0/s1. The molecule has 0 aliphatic carbocycles. The number of hydrogen-bond donors (Lipinski definition) is 3. The Morgan fingerprint density at radius 3 is 2.66 bits per heavy atom. The number of hydrazine groups is 1. The van der Waals surface area contributed by atoms with Crippen LogP contribution in [0.25, 0.3) is 0 Å². The van der Waals surface area contributed by atoms with Crippen LogP contribution in [0, 0.1) is 0 Å². The number of nitrogens with one attached hydrogen (secondary N) is 3. The number of likely N-dealkylation sites (N-methyl/N-ethyl adjacent to an activating group) is 1. The maximum Gasteiger partial charge on any atom is 0.260 e. The van der Waals surface area contributed by atoms with Gasteiger partial charge in [0.05, 0.1) is 6.04 Å². The second-order valence-corrected chi connectivity index (χ2v) is 7.68. The van der Waals surface area contributed by atoms with Crippen LogP contribution >= 0.6 is 0 Å². The van der Waals surface area contributed by atoms with Crippen LogP contribution in [-0.4, -0.2) is 72.5 Å². The number of carbonyl (C=O) groups excluding carboxylic acids is 3. The van der Waals surface area contributed by atoms with Crippen LogP contribution in [0.2, 0.25) is 0 Å². The van der Waals surface area contributed by atoms with E-state index in [1.54, 1.807) is 19.0 Å². The summed E-state index contributed by atoms with van der Waals surface area (Å²) in [7, 11) is 1.71. The fourth-order valence-electron chi connectivity index (χ4n) is 3.87. The zero-order valence-corrected chi connectivity index (χ0v) is 17.2. The summed E-state index contributed by atoms with van der Waals surface area (Å²) in [5.41, 5.74) is 1.16. The van der Waals surface area contributed by atoms with Crippen molar-refractivity contribution in [2.24, 2.45) is 0 Å². The van der Waals surface area contributed by atoms with Gasteiger partial charge in [-0.25, -0.2) is 5.01 Å². The van der Waals surface area contributed by atoms with Gasteiger partial charge in [-0.05, 0) is 45.2 Å². The van der Waals surface area contributed by atoms with Gasteiger partial charge in [0.2, 0.25) is 11.8 Å². The third-order valence-electron chi connectivity index (χ3n) is 5.69. The highest BCUT2D eigenvalue weighted by molar-refractivity contribution is 5.93. The summed E-state index contributed by atoms with van der Waals surface area (Å²) in [6.07, 6.45) is 2.73. The summed E-state index contributed by atoms with van der Waals surface area (Å²) in [4.78, 5) is 38.2. The number of hydrogen-bond acceptors (Lipinski definition) is 5. The third kappa shape index (κ3) is 5.13. The number of rotatable bonds is 7. The van der Waals surface area contributed by atoms with Gasteiger partial charge in [-0.3, -0.25) is 19.4 Å². The maximum absolute atomic E-state index is 13.2. The van der Waals surface area contributed by atoms with Crippen LogP contribution in [0.3, 0.4) is 0 Å². The number of amides is 3. The summed E-state index contributed by atoms with van der Waals surface area (Å²) in [6.45, 7) is 3.67. The molecule has 29 heavy (non-hydrogen) atoms. The number of carbonyl (C=O) groups is 3. The Bertz CT molecular complexity index is 726. The lowest BCUT2D eigenvalue weighted by molar-refractivity contribution is -0.153. The second kappa shape index (κ2) is 9.84. The van der Waals surface area contributed by atoms with Crippen molar-refractivity contribution in [2.45, 2.75) is 50.7 Å². The van der Waals surface area contributed by atoms with Crippen LogP contribution in [0.5, 0.6) is 0 Å². The van der Waals surface area contributed by atoms with Crippen molar-refractivity contribution in [1.29, 1.82) is 0 Å². The van der Waals surface area contributed by atoms with Crippen LogP contribution in [0.1, 0.15) is 31.7 Å². The zero-order chi connectivity index (χ0) is 20.8. The predicted octanol–water partition coefficient (Wildman–Crippen LogP) is 0.0497. The Labute approximate surface area is 172 Å². The lowest BCUT2D eigenvalue weighted by atomic mass is 10.1. The molecule has 158 valence electrons. The minimum Gasteiger partial charge on any atom is -0.354 e. The number of benzene rings is 1. The normalized spacial score (nSPS) is 23.2. The summed E-state index contributed by atoms with van der Waals surface area (Å²) < 4.78 is 0. The molecule has 2 aliphatic heterocycles. The quantitative estimate of drug-likeness (QED) is 0.600. The van der Waals surface area contributed by atoms with Crippen molar-refractivity contribution in [1.82, 2.24) is 26.0 Å². The van der Waals surface area contributed by atoms with E-state index in [4.69, 9.17) is 0 Å². The van der Waals surface area contributed by atoms with Crippen LogP contribution < -0.4 is 16.0 Å². The van der Waals surface area contributed by atoms with E-state index in [2.05, 4.69) is 16.0 Å². The molecule has 0 spiro atoms. The largest absolute Gasteiger partial charge is 0.354 e. The molecular weight excluding hydrogens is 370 g/mol. The van der Waals surface area contributed by atoms with Gasteiger partial charge < -0.3 is 16.0 Å². The lowest BCUT2D eigenvalue weighted by Crippen LogP contribution is -2.57. The zero-order valence-electron chi connectivity index (χ0n) is 17.2. The molecule has 0 aromatic heterocycles. The molecular formula is C21H31N5O3. The van der Waals surface area contributed by atoms with Gasteiger partial charge >= 0.3 is 0 Å². The number of nitrogens with zero attached hydrogens (tertiary/aromatic N) is 2. The van der Waals surface area contributed by atoms with Gasteiger partial charge in [0, 0.05) is 19.6 Å². The molecule has 1 aromatic carbocycles. The first-order chi connectivity index (χ1) is 14.0. The molecule has 3 amide bonds. The summed E-state index contributed by atoms with van der Waals surface area (Å²) >= 11 is 0. The molecule has 2 heterocycles. The first kappa shape index (κ1) is 21.3. The molecule has 8 heteroatoms. The monoisotopic (exact) mass is 401 g/mol. The first-order valence-corrected chi connectivity index (χ1v) is 10.4. The van der Waals surface area contributed by atoms with Crippen molar-refractivity contribution >= 4 is 17.7 Å². The number of fused-ring (bicyclic) bond motifs is 1. The molecule has 3 rings (SSSR count). The molecule has 3 N–H and O–H groups in total. The SMILES string of the molecule is CN[C@@H](C)C(=O)N[C@H]1CCCN2CC[C@@H](C(=O)NCCc3ccccc3)N2C1=O. The molecule has 0 bridgehead atoms. The van der Waals surface area contributed by atoms with Gasteiger partial charge in [-0.2, -0.15) is 0 Å². The van der Waals surface area contributed by atoms with E-state index in [1.807, 2.05) is 35.3 Å². The highest BCUT2D eigenvalue weighted by Gasteiger charge is 2.43. The second-order valence-electron chi connectivity index (χ2n) is 7.68. The Kier molecular flexibility index (Phi) is 7.22. The molecule has 2 fully saturated rings. The molecule has 0 unspecified atom stereocenters. The van der Waals surface area contributed by atoms with E-state index in [9.17, 15) is 14.4 Å². The fourth-order valence-corrected chi connectivity index (χ4v) is 3.87. The first-order valence-electron chi connectivity index (χ1n) is 10.4. The highest BCUT2D eigenvalue weighted by Crippen LogP contribution is 2.24. The lowest BCUT2D eigenvalue weighted by Gasteiger charge is -2.31. The molecule has 0 saturated carbocycles. The summed E-state index contributed by atoms with van der Waals surface area (Å²) in [6, 6.07) is 8.49. The predicted molar refractivity (Wildman–Crippen MR) is 110 cm³/mol. The van der Waals surface area contributed by atoms with Gasteiger partial charge in [0.15, 0.2) is 0 Å². The highest BCUT2D eigenvalue weighted by atomic mass is 16.2. The van der Waals surface area contributed by atoms with Crippen LogP contribution in [0.4, 0.5) is 0 Å². The topological polar surface area (TPSA) is 93.8 Å². The van der Waals surface area contributed by atoms with Gasteiger partial charge in [-0.1, -0.05) is 30.3 Å². The maximum atomic E-state index is 13.2. The van der Waals surface area contributed by atoms with Crippen LogP contribution in [-0.2, 0) is 20.8 Å².